The van der Waals surface area contributed by atoms with Crippen LogP contribution < -0.4 is 10.6 Å². The molecule has 35 heavy (non-hydrogen) atoms. The summed E-state index contributed by atoms with van der Waals surface area (Å²) in [5.74, 6) is -1.71. The Morgan fingerprint density at radius 1 is 1.00 bits per heavy atom. The Morgan fingerprint density at radius 3 is 2.11 bits per heavy atom. The van der Waals surface area contributed by atoms with Crippen molar-refractivity contribution in [3.63, 3.8) is 0 Å². The number of carboxylic acids is 1. The van der Waals surface area contributed by atoms with Gasteiger partial charge in [0, 0.05) is 18.9 Å². The minimum Gasteiger partial charge on any atom is -0.480 e. The van der Waals surface area contributed by atoms with Gasteiger partial charge in [-0.25, -0.2) is 9.59 Å². The number of aliphatic hydroxyl groups is 1. The van der Waals surface area contributed by atoms with Gasteiger partial charge >= 0.3 is 12.1 Å². The average Bonchev–Trinajstić information content (AvgIpc) is 3.13. The second-order valence-electron chi connectivity index (χ2n) is 9.79. The first-order valence-corrected chi connectivity index (χ1v) is 11.9. The average molecular weight is 483 g/mol. The molecule has 4 N–H and O–H groups in total. The van der Waals surface area contributed by atoms with E-state index >= 15 is 0 Å². The number of nitrogens with one attached hydrogen (secondary N) is 2. The number of ether oxygens (including phenoxy) is 1. The maximum absolute atomic E-state index is 12.3. The molecule has 0 unspecified atom stereocenters. The van der Waals surface area contributed by atoms with Gasteiger partial charge in [0.15, 0.2) is 6.04 Å². The van der Waals surface area contributed by atoms with Crippen LogP contribution in [0.1, 0.15) is 57.1 Å². The highest BCUT2D eigenvalue weighted by atomic mass is 16.5. The molecule has 0 aliphatic heterocycles. The number of carbonyl (C=O) groups excluding carboxylic acids is 2. The Labute approximate surface area is 205 Å². The number of aliphatic hydroxyl groups excluding tert-OH is 1. The number of amides is 2. The lowest BCUT2D eigenvalue weighted by molar-refractivity contribution is -0.144. The van der Waals surface area contributed by atoms with E-state index in [1.165, 1.54) is 18.1 Å². The molecule has 0 heterocycles. The van der Waals surface area contributed by atoms with Gasteiger partial charge in [0.05, 0.1) is 6.10 Å². The molecule has 0 aromatic heterocycles. The zero-order valence-corrected chi connectivity index (χ0v) is 20.4. The topological polar surface area (TPSA) is 125 Å². The smallest absolute Gasteiger partial charge is 0.407 e. The lowest BCUT2D eigenvalue weighted by Crippen LogP contribution is -2.47. The molecule has 1 aliphatic rings. The standard InChI is InChI=1S/C27H34N2O6/c1-17(30)24(25(32)33)29-23(31)12-13-27(2,3)14-15-28-26(34)35-16-22-20-10-6-4-8-18(20)19-9-5-7-11-21(19)22/h4-11,17,22,24,30H,12-16H2,1-3H3,(H,28,34)(H,29,31)(H,32,33)/t17-,24+/m1/s1. The van der Waals surface area contributed by atoms with Gasteiger partial charge in [-0.05, 0) is 47.4 Å². The van der Waals surface area contributed by atoms with Gasteiger partial charge in [0.2, 0.25) is 5.91 Å². The summed E-state index contributed by atoms with van der Waals surface area (Å²) in [6.45, 7) is 5.90. The Hall–Kier alpha value is -3.39. The number of carbonyl (C=O) groups is 3. The molecule has 2 aromatic rings. The van der Waals surface area contributed by atoms with E-state index in [2.05, 4.69) is 34.9 Å². The Morgan fingerprint density at radius 2 is 1.57 bits per heavy atom. The van der Waals surface area contributed by atoms with Crippen LogP contribution in [0.15, 0.2) is 48.5 Å². The van der Waals surface area contributed by atoms with Crippen LogP contribution in [0.25, 0.3) is 11.1 Å². The first kappa shape index (κ1) is 26.2. The Bertz CT molecular complexity index is 1020. The lowest BCUT2D eigenvalue weighted by atomic mass is 9.84. The highest BCUT2D eigenvalue weighted by Crippen LogP contribution is 2.44. The van der Waals surface area contributed by atoms with E-state index in [0.29, 0.717) is 19.4 Å². The van der Waals surface area contributed by atoms with Crippen LogP contribution in [0.3, 0.4) is 0 Å². The first-order chi connectivity index (χ1) is 16.6. The van der Waals surface area contributed by atoms with Gasteiger partial charge in [0.25, 0.3) is 0 Å². The number of carboxylic acid groups (broad SMARTS) is 1. The van der Waals surface area contributed by atoms with Crippen LogP contribution in [0, 0.1) is 5.41 Å². The van der Waals surface area contributed by atoms with E-state index in [0.717, 1.165) is 11.1 Å². The Balaban J connectivity index is 1.42. The van der Waals surface area contributed by atoms with Crippen molar-refractivity contribution in [1.82, 2.24) is 10.6 Å². The molecular formula is C27H34N2O6. The molecule has 0 saturated heterocycles. The molecule has 0 bridgehead atoms. The van der Waals surface area contributed by atoms with Gasteiger partial charge in [-0.3, -0.25) is 4.79 Å². The van der Waals surface area contributed by atoms with Gasteiger partial charge in [-0.2, -0.15) is 0 Å². The fraction of sp³-hybridized carbons (Fsp3) is 0.444. The molecule has 188 valence electrons. The molecule has 8 nitrogen and oxygen atoms in total. The van der Waals surface area contributed by atoms with E-state index in [4.69, 9.17) is 9.84 Å². The Kier molecular flexibility index (Phi) is 8.51. The summed E-state index contributed by atoms with van der Waals surface area (Å²) in [6, 6.07) is 15.0. The predicted molar refractivity (Wildman–Crippen MR) is 132 cm³/mol. The summed E-state index contributed by atoms with van der Waals surface area (Å²) in [7, 11) is 0. The molecule has 2 amide bonds. The second-order valence-corrected chi connectivity index (χ2v) is 9.79. The summed E-state index contributed by atoms with van der Waals surface area (Å²) >= 11 is 0. The highest BCUT2D eigenvalue weighted by Gasteiger charge is 2.29. The number of rotatable bonds is 11. The summed E-state index contributed by atoms with van der Waals surface area (Å²) in [5, 5.41) is 23.7. The third-order valence-corrected chi connectivity index (χ3v) is 6.51. The van der Waals surface area contributed by atoms with Crippen LogP contribution in [-0.2, 0) is 14.3 Å². The molecule has 2 atom stereocenters. The van der Waals surface area contributed by atoms with Crippen molar-refractivity contribution in [2.24, 2.45) is 5.41 Å². The molecule has 0 radical (unpaired) electrons. The van der Waals surface area contributed by atoms with Gasteiger partial charge in [-0.1, -0.05) is 62.4 Å². The van der Waals surface area contributed by atoms with Crippen LogP contribution in [0.5, 0.6) is 0 Å². The monoisotopic (exact) mass is 482 g/mol. The fourth-order valence-corrected chi connectivity index (χ4v) is 4.36. The number of fused-ring (bicyclic) bond motifs is 3. The van der Waals surface area contributed by atoms with E-state index in [1.54, 1.807) is 0 Å². The minimum absolute atomic E-state index is 0.000583. The third kappa shape index (κ3) is 6.82. The van der Waals surface area contributed by atoms with Crippen molar-refractivity contribution >= 4 is 18.0 Å². The molecular weight excluding hydrogens is 448 g/mol. The van der Waals surface area contributed by atoms with Crippen LogP contribution in [0.4, 0.5) is 4.79 Å². The van der Waals surface area contributed by atoms with Crippen molar-refractivity contribution in [3.05, 3.63) is 59.7 Å². The maximum Gasteiger partial charge on any atom is 0.407 e. The highest BCUT2D eigenvalue weighted by molar-refractivity contribution is 5.84. The molecule has 0 saturated carbocycles. The van der Waals surface area contributed by atoms with Gasteiger partial charge in [-0.15, -0.1) is 0 Å². The SMILES string of the molecule is C[C@@H](O)[C@H](NC(=O)CCC(C)(C)CCNC(=O)OCC1c2ccccc2-c2ccccc21)C(=O)O. The summed E-state index contributed by atoms with van der Waals surface area (Å²) < 4.78 is 5.55. The number of aliphatic carboxylic acids is 1. The number of hydrogen-bond donors (Lipinski definition) is 4. The van der Waals surface area contributed by atoms with Crippen LogP contribution in [-0.4, -0.2) is 53.5 Å². The zero-order chi connectivity index (χ0) is 25.6. The van der Waals surface area contributed by atoms with Crippen molar-refractivity contribution in [1.29, 1.82) is 0 Å². The normalized spacial score (nSPS) is 14.4. The maximum atomic E-state index is 12.3. The van der Waals surface area contributed by atoms with Crippen molar-refractivity contribution in [2.75, 3.05) is 13.2 Å². The third-order valence-electron chi connectivity index (χ3n) is 6.51. The summed E-state index contributed by atoms with van der Waals surface area (Å²) in [6.07, 6.45) is -0.442. The number of alkyl carbamates (subject to hydrolysis) is 1. The van der Waals surface area contributed by atoms with E-state index in [-0.39, 0.29) is 24.4 Å². The van der Waals surface area contributed by atoms with Crippen molar-refractivity contribution < 1.29 is 29.3 Å². The predicted octanol–water partition coefficient (Wildman–Crippen LogP) is 3.67. The zero-order valence-electron chi connectivity index (χ0n) is 20.4. The largest absolute Gasteiger partial charge is 0.480 e. The van der Waals surface area contributed by atoms with Crippen molar-refractivity contribution in [3.8, 4) is 11.1 Å². The molecule has 8 heteroatoms. The fourth-order valence-electron chi connectivity index (χ4n) is 4.36. The van der Waals surface area contributed by atoms with Crippen LogP contribution >= 0.6 is 0 Å². The first-order valence-electron chi connectivity index (χ1n) is 11.9. The molecule has 2 aromatic carbocycles. The number of benzene rings is 2. The van der Waals surface area contributed by atoms with Gasteiger partial charge < -0.3 is 25.6 Å². The van der Waals surface area contributed by atoms with E-state index < -0.39 is 30.1 Å². The number of hydrogen-bond acceptors (Lipinski definition) is 5. The van der Waals surface area contributed by atoms with E-state index in [1.807, 2.05) is 38.1 Å². The molecule has 0 fully saturated rings. The summed E-state index contributed by atoms with van der Waals surface area (Å²) in [4.78, 5) is 35.6. The van der Waals surface area contributed by atoms with Gasteiger partial charge in [0.1, 0.15) is 6.61 Å². The lowest BCUT2D eigenvalue weighted by Gasteiger charge is -2.25. The second kappa shape index (κ2) is 11.4. The molecule has 1 aliphatic carbocycles. The minimum atomic E-state index is -1.33. The van der Waals surface area contributed by atoms with Crippen molar-refractivity contribution in [2.45, 2.75) is 58.1 Å². The molecule has 3 rings (SSSR count). The summed E-state index contributed by atoms with van der Waals surface area (Å²) in [5.41, 5.74) is 4.39. The molecule has 0 spiro atoms. The quantitative estimate of drug-likeness (QED) is 0.387. The van der Waals surface area contributed by atoms with E-state index in [9.17, 15) is 19.5 Å². The van der Waals surface area contributed by atoms with Crippen LogP contribution in [0.2, 0.25) is 0 Å².